The lowest BCUT2D eigenvalue weighted by molar-refractivity contribution is -0.157. The summed E-state index contributed by atoms with van der Waals surface area (Å²) in [6.07, 6.45) is 1.95. The van der Waals surface area contributed by atoms with Crippen LogP contribution in [0.25, 0.3) is 11.1 Å². The van der Waals surface area contributed by atoms with Crippen LogP contribution >= 0.6 is 0 Å². The summed E-state index contributed by atoms with van der Waals surface area (Å²) in [5, 5.41) is 0. The molecule has 184 valence electrons. The van der Waals surface area contributed by atoms with E-state index in [4.69, 9.17) is 23.7 Å². The average Bonchev–Trinajstić information content (AvgIpc) is 2.84. The van der Waals surface area contributed by atoms with E-state index in [0.29, 0.717) is 12.4 Å². The van der Waals surface area contributed by atoms with Gasteiger partial charge in [0.25, 0.3) is 0 Å². The molecule has 0 bridgehead atoms. The molecule has 0 aliphatic heterocycles. The van der Waals surface area contributed by atoms with Crippen LogP contribution in [-0.2, 0) is 30.2 Å². The van der Waals surface area contributed by atoms with Gasteiger partial charge in [-0.1, -0.05) is 31.7 Å². The molecule has 0 amide bonds. The highest BCUT2D eigenvalue weighted by molar-refractivity contribution is 5.81. The third kappa shape index (κ3) is 8.23. The molecule has 0 aliphatic carbocycles. The second kappa shape index (κ2) is 13.4. The zero-order valence-electron chi connectivity index (χ0n) is 20.4. The van der Waals surface area contributed by atoms with E-state index in [0.717, 1.165) is 34.9 Å². The van der Waals surface area contributed by atoms with Crippen molar-refractivity contribution >= 4 is 11.9 Å². The number of carbonyl (C=O) groups is 2. The van der Waals surface area contributed by atoms with Gasteiger partial charge in [-0.25, -0.2) is 4.79 Å². The van der Waals surface area contributed by atoms with Gasteiger partial charge in [-0.3, -0.25) is 4.79 Å². The molecule has 7 nitrogen and oxygen atoms in total. The third-order valence-electron chi connectivity index (χ3n) is 5.03. The Hall–Kier alpha value is -3.32. The second-order valence-corrected chi connectivity index (χ2v) is 8.22. The molecule has 0 spiro atoms. The molecule has 34 heavy (non-hydrogen) atoms. The molecule has 0 fully saturated rings. The Bertz CT molecular complexity index is 948. The molecule has 0 radical (unpaired) electrons. The number of carbonyl (C=O) groups excluding carboxylic acids is 2. The number of methoxy groups -OCH3 is 1. The molecule has 0 aromatic heterocycles. The summed E-state index contributed by atoms with van der Waals surface area (Å²) in [6, 6.07) is 13.7. The van der Waals surface area contributed by atoms with Gasteiger partial charge in [-0.15, -0.1) is 0 Å². The molecule has 0 unspecified atom stereocenters. The summed E-state index contributed by atoms with van der Waals surface area (Å²) < 4.78 is 26.7. The maximum absolute atomic E-state index is 12.1. The Labute approximate surface area is 201 Å². The van der Waals surface area contributed by atoms with Gasteiger partial charge in [0.2, 0.25) is 0 Å². The largest absolute Gasteiger partial charge is 0.490 e. The molecule has 0 N–H and O–H groups in total. The highest BCUT2D eigenvalue weighted by atomic mass is 16.6. The molecule has 7 heteroatoms. The van der Waals surface area contributed by atoms with E-state index < -0.39 is 11.4 Å². The third-order valence-corrected chi connectivity index (χ3v) is 5.03. The van der Waals surface area contributed by atoms with E-state index in [9.17, 15) is 9.59 Å². The normalized spacial score (nSPS) is 10.9. The highest BCUT2D eigenvalue weighted by Crippen LogP contribution is 2.29. The van der Waals surface area contributed by atoms with Crippen LogP contribution in [0.4, 0.5) is 0 Å². The number of benzene rings is 2. The van der Waals surface area contributed by atoms with Crippen molar-refractivity contribution in [2.75, 3.05) is 40.1 Å². The zero-order chi connectivity index (χ0) is 25.0. The molecule has 2 aromatic carbocycles. The summed E-state index contributed by atoms with van der Waals surface area (Å²) in [4.78, 5) is 23.2. The van der Waals surface area contributed by atoms with E-state index in [2.05, 4.69) is 13.5 Å². The minimum Gasteiger partial charge on any atom is -0.490 e. The first kappa shape index (κ1) is 26.9. The summed E-state index contributed by atoms with van der Waals surface area (Å²) in [5.41, 5.74) is 2.61. The van der Waals surface area contributed by atoms with Gasteiger partial charge in [0.15, 0.2) is 0 Å². The number of aryl methyl sites for hydroxylation is 1. The van der Waals surface area contributed by atoms with Gasteiger partial charge < -0.3 is 23.7 Å². The minimum absolute atomic E-state index is 0.165. The monoisotopic (exact) mass is 470 g/mol. The SMILES string of the molecule is C=CC(=O)OCCOc1ccc(-c2ccc(OCCOC(=O)C(C)(C)COC)cc2CC)cc1. The Morgan fingerprint density at radius 1 is 0.912 bits per heavy atom. The predicted molar refractivity (Wildman–Crippen MR) is 130 cm³/mol. The van der Waals surface area contributed by atoms with Crippen molar-refractivity contribution in [2.45, 2.75) is 27.2 Å². The average molecular weight is 471 g/mol. The molecule has 0 saturated heterocycles. The second-order valence-electron chi connectivity index (χ2n) is 8.22. The first-order chi connectivity index (χ1) is 16.3. The Kier molecular flexibility index (Phi) is 10.6. The number of ether oxygens (including phenoxy) is 5. The number of rotatable bonds is 14. The van der Waals surface area contributed by atoms with Gasteiger partial charge in [0, 0.05) is 13.2 Å². The van der Waals surface area contributed by atoms with Crippen molar-refractivity contribution < 1.29 is 33.3 Å². The van der Waals surface area contributed by atoms with E-state index >= 15 is 0 Å². The van der Waals surface area contributed by atoms with Gasteiger partial charge in [-0.2, -0.15) is 0 Å². The van der Waals surface area contributed by atoms with Crippen LogP contribution in [0.2, 0.25) is 0 Å². The van der Waals surface area contributed by atoms with Crippen LogP contribution in [0.5, 0.6) is 11.5 Å². The first-order valence-corrected chi connectivity index (χ1v) is 11.2. The fourth-order valence-corrected chi connectivity index (χ4v) is 3.23. The van der Waals surface area contributed by atoms with Crippen molar-refractivity contribution in [1.82, 2.24) is 0 Å². The summed E-state index contributed by atoms with van der Waals surface area (Å²) >= 11 is 0. The minimum atomic E-state index is -0.690. The number of hydrogen-bond acceptors (Lipinski definition) is 7. The van der Waals surface area contributed by atoms with Crippen molar-refractivity contribution in [3.63, 3.8) is 0 Å². The van der Waals surface area contributed by atoms with E-state index in [1.54, 1.807) is 21.0 Å². The smallest absolute Gasteiger partial charge is 0.330 e. The predicted octanol–water partition coefficient (Wildman–Crippen LogP) is 4.62. The van der Waals surface area contributed by atoms with Crippen LogP contribution in [-0.4, -0.2) is 52.1 Å². The van der Waals surface area contributed by atoms with Crippen molar-refractivity contribution in [1.29, 1.82) is 0 Å². The van der Waals surface area contributed by atoms with Crippen molar-refractivity contribution in [3.05, 3.63) is 60.7 Å². The van der Waals surface area contributed by atoms with Crippen LogP contribution in [0.1, 0.15) is 26.3 Å². The molecule has 2 rings (SSSR count). The standard InChI is InChI=1S/C27H34O7/c1-6-20-18-23(32-15-17-34-26(29)27(3,4)19-30-5)12-13-24(20)21-8-10-22(11-9-21)31-14-16-33-25(28)7-2/h7-13,18H,2,6,14-17,19H2,1,3-5H3. The van der Waals surface area contributed by atoms with Gasteiger partial charge in [-0.05, 0) is 61.2 Å². The topological polar surface area (TPSA) is 80.3 Å². The van der Waals surface area contributed by atoms with Crippen LogP contribution < -0.4 is 9.47 Å². The van der Waals surface area contributed by atoms with Crippen molar-refractivity contribution in [2.24, 2.45) is 5.41 Å². The van der Waals surface area contributed by atoms with E-state index in [1.807, 2.05) is 42.5 Å². The maximum Gasteiger partial charge on any atom is 0.330 e. The summed E-state index contributed by atoms with van der Waals surface area (Å²) in [7, 11) is 1.56. The van der Waals surface area contributed by atoms with Gasteiger partial charge in [0.1, 0.15) is 37.9 Å². The zero-order valence-corrected chi connectivity index (χ0v) is 20.4. The lowest BCUT2D eigenvalue weighted by atomic mass is 9.95. The molecule has 0 heterocycles. The number of hydrogen-bond donors (Lipinski definition) is 0. The Morgan fingerprint density at radius 2 is 1.53 bits per heavy atom. The number of esters is 2. The van der Waals surface area contributed by atoms with Crippen LogP contribution in [0.3, 0.4) is 0 Å². The van der Waals surface area contributed by atoms with Crippen LogP contribution in [0.15, 0.2) is 55.1 Å². The van der Waals surface area contributed by atoms with E-state index in [-0.39, 0.29) is 32.4 Å². The van der Waals surface area contributed by atoms with E-state index in [1.165, 1.54) is 0 Å². The maximum atomic E-state index is 12.1. The van der Waals surface area contributed by atoms with Crippen molar-refractivity contribution in [3.8, 4) is 22.6 Å². The molecular formula is C27H34O7. The molecule has 0 atom stereocenters. The fourth-order valence-electron chi connectivity index (χ4n) is 3.23. The quantitative estimate of drug-likeness (QED) is 0.226. The summed E-state index contributed by atoms with van der Waals surface area (Å²) in [5.74, 6) is 0.639. The van der Waals surface area contributed by atoms with Gasteiger partial charge >= 0.3 is 11.9 Å². The Balaban J connectivity index is 1.90. The fraction of sp³-hybridized carbons (Fsp3) is 0.407. The lowest BCUT2D eigenvalue weighted by Gasteiger charge is -2.21. The molecule has 2 aromatic rings. The molecule has 0 aliphatic rings. The lowest BCUT2D eigenvalue weighted by Crippen LogP contribution is -2.32. The summed E-state index contributed by atoms with van der Waals surface area (Å²) in [6.45, 7) is 10.2. The van der Waals surface area contributed by atoms with Gasteiger partial charge in [0.05, 0.1) is 12.0 Å². The molecular weight excluding hydrogens is 436 g/mol. The molecule has 0 saturated carbocycles. The Morgan fingerprint density at radius 3 is 2.15 bits per heavy atom. The first-order valence-electron chi connectivity index (χ1n) is 11.2. The van der Waals surface area contributed by atoms with Crippen LogP contribution in [0, 0.1) is 5.41 Å². The highest BCUT2D eigenvalue weighted by Gasteiger charge is 2.29.